The van der Waals surface area contributed by atoms with Gasteiger partial charge in [0.05, 0.1) is 24.0 Å². The van der Waals surface area contributed by atoms with Gasteiger partial charge in [0.25, 0.3) is 0 Å². The van der Waals surface area contributed by atoms with Gasteiger partial charge in [-0.1, -0.05) is 55.8 Å². The Morgan fingerprint density at radius 1 is 1.15 bits per heavy atom. The summed E-state index contributed by atoms with van der Waals surface area (Å²) in [5, 5.41) is 9.32. The second kappa shape index (κ2) is 16.6. The molecule has 7 atom stereocenters. The first-order valence-electron chi connectivity index (χ1n) is 17.3. The number of benzene rings is 1. The molecule has 0 aliphatic carbocycles. The molecular formula is C37H53N3O7. The number of aliphatic hydroxyl groups excluding tert-OH is 1. The second-order valence-electron chi connectivity index (χ2n) is 13.1. The predicted molar refractivity (Wildman–Crippen MR) is 179 cm³/mol. The first-order chi connectivity index (χ1) is 22.7. The van der Waals surface area contributed by atoms with Crippen LogP contribution in [0.4, 0.5) is 0 Å². The molecule has 47 heavy (non-hydrogen) atoms. The average Bonchev–Trinajstić information content (AvgIpc) is 3.73. The zero-order valence-electron chi connectivity index (χ0n) is 28.4. The van der Waals surface area contributed by atoms with Gasteiger partial charge in [0.15, 0.2) is 0 Å². The van der Waals surface area contributed by atoms with Gasteiger partial charge < -0.3 is 29.3 Å². The van der Waals surface area contributed by atoms with E-state index in [0.29, 0.717) is 64.6 Å². The quantitative estimate of drug-likeness (QED) is 0.134. The van der Waals surface area contributed by atoms with E-state index in [0.717, 1.165) is 18.4 Å². The summed E-state index contributed by atoms with van der Waals surface area (Å²) < 4.78 is 12.9. The molecule has 4 rings (SSSR count). The summed E-state index contributed by atoms with van der Waals surface area (Å²) in [5.74, 6) is -2.81. The number of amides is 3. The van der Waals surface area contributed by atoms with E-state index in [4.69, 9.17) is 9.47 Å². The van der Waals surface area contributed by atoms with Crippen molar-refractivity contribution < 1.29 is 33.8 Å². The first kappa shape index (κ1) is 36.3. The summed E-state index contributed by atoms with van der Waals surface area (Å²) in [4.78, 5) is 61.0. The normalized spacial score (nSPS) is 25.6. The maximum atomic E-state index is 14.4. The molecular weight excluding hydrogens is 598 g/mol. The van der Waals surface area contributed by atoms with Crippen molar-refractivity contribution in [2.45, 2.75) is 102 Å². The fraction of sp³-hybridized carbons (Fsp3) is 0.622. The number of likely N-dealkylation sites (N-methyl/N-ethyl adjacent to an activating group) is 1. The molecule has 0 aromatic heterocycles. The number of hydrogen-bond donors (Lipinski definition) is 1. The van der Waals surface area contributed by atoms with Crippen LogP contribution in [-0.4, -0.2) is 101 Å². The number of fused-ring (bicyclic) bond motifs is 1. The first-order valence-corrected chi connectivity index (χ1v) is 17.3. The highest BCUT2D eigenvalue weighted by Gasteiger charge is 2.75. The summed E-state index contributed by atoms with van der Waals surface area (Å²) >= 11 is 0. The zero-order valence-corrected chi connectivity index (χ0v) is 28.4. The lowest BCUT2D eigenvalue weighted by Crippen LogP contribution is -2.56. The standard InChI is InChI=1S/C37H53N3O7/c1-6-9-19-29(42)38(5)26(4)32(27-17-13-11-14-18-27)46-36(45)30-28-20-21-37(47-28)31(30)34(43)40(24-15-12-16-25-41)33(37)35(44)39(22-8-3)23-10-7-2/h6,8,11,13-14,17-18,26,28,30-33,41H,1,3,7,9-10,12,15-16,19-25H2,2,4-5H3/t26-,28+,30-,31-,32+,33+,37-/m0/s1. The molecule has 1 spiro atoms. The molecule has 1 N–H and O–H groups in total. The second-order valence-corrected chi connectivity index (χ2v) is 13.1. The molecule has 3 amide bonds. The van der Waals surface area contributed by atoms with Gasteiger partial charge in [0, 0.05) is 39.7 Å². The van der Waals surface area contributed by atoms with Crippen LogP contribution >= 0.6 is 0 Å². The number of carbonyl (C=O) groups excluding carboxylic acids is 4. The Morgan fingerprint density at radius 2 is 1.89 bits per heavy atom. The lowest BCUT2D eigenvalue weighted by molar-refractivity contribution is -0.164. The molecule has 258 valence electrons. The molecule has 1 aromatic rings. The smallest absolute Gasteiger partial charge is 0.313 e. The van der Waals surface area contributed by atoms with Gasteiger partial charge >= 0.3 is 5.97 Å². The van der Waals surface area contributed by atoms with Crippen molar-refractivity contribution in [3.63, 3.8) is 0 Å². The van der Waals surface area contributed by atoms with E-state index in [1.807, 2.05) is 37.3 Å². The third kappa shape index (κ3) is 7.49. The van der Waals surface area contributed by atoms with E-state index >= 15 is 0 Å². The van der Waals surface area contributed by atoms with Crippen LogP contribution in [-0.2, 0) is 28.7 Å². The van der Waals surface area contributed by atoms with E-state index in [1.54, 1.807) is 33.9 Å². The minimum absolute atomic E-state index is 0.0573. The summed E-state index contributed by atoms with van der Waals surface area (Å²) in [5.41, 5.74) is -0.390. The zero-order chi connectivity index (χ0) is 34.1. The van der Waals surface area contributed by atoms with Gasteiger partial charge in [-0.3, -0.25) is 19.2 Å². The Kier molecular flexibility index (Phi) is 12.8. The molecule has 3 aliphatic rings. The molecule has 3 saturated heterocycles. The largest absolute Gasteiger partial charge is 0.455 e. The number of unbranched alkanes of at least 4 members (excludes halogenated alkanes) is 3. The molecule has 0 saturated carbocycles. The lowest BCUT2D eigenvalue weighted by Gasteiger charge is -2.37. The van der Waals surface area contributed by atoms with Crippen LogP contribution in [0.5, 0.6) is 0 Å². The van der Waals surface area contributed by atoms with Gasteiger partial charge in [-0.15, -0.1) is 13.2 Å². The Labute approximate surface area is 279 Å². The highest BCUT2D eigenvalue weighted by atomic mass is 16.6. The lowest BCUT2D eigenvalue weighted by atomic mass is 9.70. The summed E-state index contributed by atoms with van der Waals surface area (Å²) in [6.45, 7) is 12.8. The molecule has 1 aromatic carbocycles. The van der Waals surface area contributed by atoms with Crippen LogP contribution in [0.2, 0.25) is 0 Å². The van der Waals surface area contributed by atoms with E-state index in [9.17, 15) is 24.3 Å². The number of ether oxygens (including phenoxy) is 2. The molecule has 10 heteroatoms. The summed E-state index contributed by atoms with van der Waals surface area (Å²) in [7, 11) is 1.70. The summed E-state index contributed by atoms with van der Waals surface area (Å²) in [6.07, 6.45) is 7.58. The fourth-order valence-corrected chi connectivity index (χ4v) is 7.60. The minimum Gasteiger partial charge on any atom is -0.455 e. The number of aliphatic hydroxyl groups is 1. The van der Waals surface area contributed by atoms with Crippen LogP contribution in [0.1, 0.15) is 83.3 Å². The average molecular weight is 652 g/mol. The third-order valence-electron chi connectivity index (χ3n) is 10.2. The third-order valence-corrected chi connectivity index (χ3v) is 10.2. The van der Waals surface area contributed by atoms with Crippen LogP contribution in [0.3, 0.4) is 0 Å². The molecule has 10 nitrogen and oxygen atoms in total. The number of hydrogen-bond acceptors (Lipinski definition) is 7. The minimum atomic E-state index is -1.13. The molecule has 3 heterocycles. The van der Waals surface area contributed by atoms with Crippen molar-refractivity contribution in [1.29, 1.82) is 0 Å². The van der Waals surface area contributed by atoms with E-state index in [-0.39, 0.29) is 24.3 Å². The summed E-state index contributed by atoms with van der Waals surface area (Å²) in [6, 6.07) is 7.97. The number of likely N-dealkylation sites (tertiary alicyclic amines) is 1. The Morgan fingerprint density at radius 3 is 2.55 bits per heavy atom. The van der Waals surface area contributed by atoms with E-state index in [2.05, 4.69) is 20.1 Å². The van der Waals surface area contributed by atoms with Crippen LogP contribution in [0.15, 0.2) is 55.6 Å². The van der Waals surface area contributed by atoms with Crippen molar-refractivity contribution in [2.75, 3.05) is 33.3 Å². The molecule has 0 unspecified atom stereocenters. The SMILES string of the molecule is C=CCCC(=O)N(C)[C@@H](C)[C@@H](OC(=O)[C@@H]1[C@H]2C(=O)N(CCCCCO)[C@H](C(=O)N(CC=C)CCCC)[C@]23CC[C@H]1O3)c1ccccc1. The van der Waals surface area contributed by atoms with Crippen LogP contribution < -0.4 is 0 Å². The van der Waals surface area contributed by atoms with Crippen LogP contribution in [0.25, 0.3) is 0 Å². The van der Waals surface area contributed by atoms with E-state index in [1.165, 1.54) is 0 Å². The van der Waals surface area contributed by atoms with Gasteiger partial charge in [-0.2, -0.15) is 0 Å². The number of esters is 1. The number of rotatable bonds is 19. The van der Waals surface area contributed by atoms with Gasteiger partial charge in [-0.05, 0) is 57.4 Å². The van der Waals surface area contributed by atoms with Crippen molar-refractivity contribution in [2.24, 2.45) is 11.8 Å². The van der Waals surface area contributed by atoms with Crippen molar-refractivity contribution in [3.05, 3.63) is 61.2 Å². The molecule has 0 radical (unpaired) electrons. The van der Waals surface area contributed by atoms with Crippen LogP contribution in [0, 0.1) is 11.8 Å². The maximum Gasteiger partial charge on any atom is 0.313 e. The van der Waals surface area contributed by atoms with Crippen molar-refractivity contribution in [3.8, 4) is 0 Å². The Hall–Kier alpha value is -3.50. The van der Waals surface area contributed by atoms with Gasteiger partial charge in [0.2, 0.25) is 17.7 Å². The predicted octanol–water partition coefficient (Wildman–Crippen LogP) is 4.44. The van der Waals surface area contributed by atoms with Gasteiger partial charge in [-0.25, -0.2) is 0 Å². The Bertz CT molecular complexity index is 1270. The number of allylic oxidation sites excluding steroid dienone is 1. The number of carbonyl (C=O) groups is 4. The maximum absolute atomic E-state index is 14.4. The van der Waals surface area contributed by atoms with E-state index < -0.39 is 47.7 Å². The Balaban J connectivity index is 1.65. The monoisotopic (exact) mass is 651 g/mol. The molecule has 3 aliphatic heterocycles. The highest BCUT2D eigenvalue weighted by molar-refractivity contribution is 5.98. The number of nitrogens with zero attached hydrogens (tertiary/aromatic N) is 3. The fourth-order valence-electron chi connectivity index (χ4n) is 7.60. The van der Waals surface area contributed by atoms with Crippen molar-refractivity contribution in [1.82, 2.24) is 14.7 Å². The van der Waals surface area contributed by atoms with Gasteiger partial charge in [0.1, 0.15) is 17.7 Å². The molecule has 3 fully saturated rings. The molecule has 2 bridgehead atoms. The highest BCUT2D eigenvalue weighted by Crippen LogP contribution is 2.59. The van der Waals surface area contributed by atoms with Crippen molar-refractivity contribution >= 4 is 23.7 Å². The topological polar surface area (TPSA) is 117 Å².